The molecule has 5 rings (SSSR count). The molecule has 7 nitrogen and oxygen atoms in total. The highest BCUT2D eigenvalue weighted by atomic mass is 19.1. The van der Waals surface area contributed by atoms with Gasteiger partial charge in [-0.3, -0.25) is 19.1 Å². The topological polar surface area (TPSA) is 79.0 Å². The van der Waals surface area contributed by atoms with Gasteiger partial charge in [-0.2, -0.15) is 0 Å². The fourth-order valence-electron chi connectivity index (χ4n) is 3.65. The third-order valence-electron chi connectivity index (χ3n) is 5.35. The minimum atomic E-state index is -0.511. The number of rotatable bonds is 6. The standard InChI is InChI=1S/C26H19FN4O3/c1-30-10-8-18(14-30)24-13-21(7-9-28-24)34-20-5-6-23-22(12-20)26(33)31(16-29-23)15-25(32)17-3-2-4-19(27)11-17/h2-14,16H,15H2,1H3. The molecule has 168 valence electrons. The van der Waals surface area contributed by atoms with E-state index in [1.54, 1.807) is 30.5 Å². The number of halogens is 1. The summed E-state index contributed by atoms with van der Waals surface area (Å²) in [6, 6.07) is 15.9. The minimum Gasteiger partial charge on any atom is -0.457 e. The van der Waals surface area contributed by atoms with Crippen LogP contribution >= 0.6 is 0 Å². The molecule has 0 amide bonds. The van der Waals surface area contributed by atoms with Crippen molar-refractivity contribution in [2.75, 3.05) is 0 Å². The van der Waals surface area contributed by atoms with Crippen LogP contribution in [0.1, 0.15) is 10.4 Å². The molecule has 0 saturated carbocycles. The second kappa shape index (κ2) is 8.74. The Kier molecular flexibility index (Phi) is 5.47. The molecule has 0 bridgehead atoms. The summed E-state index contributed by atoms with van der Waals surface area (Å²) in [4.78, 5) is 34.2. The molecule has 0 N–H and O–H groups in total. The molecule has 0 aliphatic heterocycles. The molecule has 8 heteroatoms. The summed E-state index contributed by atoms with van der Waals surface area (Å²) in [5.41, 5.74) is 2.00. The maximum atomic E-state index is 13.4. The van der Waals surface area contributed by atoms with Crippen molar-refractivity contribution in [3.63, 3.8) is 0 Å². The normalized spacial score (nSPS) is 11.0. The predicted molar refractivity (Wildman–Crippen MR) is 125 cm³/mol. The lowest BCUT2D eigenvalue weighted by molar-refractivity contribution is 0.0970. The lowest BCUT2D eigenvalue weighted by atomic mass is 10.1. The predicted octanol–water partition coefficient (Wildman–Crippen LogP) is 4.61. The average Bonchev–Trinajstić information content (AvgIpc) is 3.28. The van der Waals surface area contributed by atoms with Crippen molar-refractivity contribution in [1.29, 1.82) is 0 Å². The van der Waals surface area contributed by atoms with Gasteiger partial charge >= 0.3 is 0 Å². The number of aryl methyl sites for hydroxylation is 1. The van der Waals surface area contributed by atoms with E-state index < -0.39 is 5.82 Å². The highest BCUT2D eigenvalue weighted by Crippen LogP contribution is 2.27. The molecule has 0 unspecified atom stereocenters. The summed E-state index contributed by atoms with van der Waals surface area (Å²) in [6.07, 6.45) is 6.87. The largest absolute Gasteiger partial charge is 0.457 e. The van der Waals surface area contributed by atoms with Gasteiger partial charge in [0.2, 0.25) is 0 Å². The fourth-order valence-corrected chi connectivity index (χ4v) is 3.65. The third kappa shape index (κ3) is 4.33. The number of hydrogen-bond donors (Lipinski definition) is 0. The Bertz CT molecular complexity index is 1590. The van der Waals surface area contributed by atoms with Gasteiger partial charge in [-0.1, -0.05) is 12.1 Å². The van der Waals surface area contributed by atoms with Gasteiger partial charge in [0.25, 0.3) is 5.56 Å². The summed E-state index contributed by atoms with van der Waals surface area (Å²) in [6.45, 7) is -0.249. The molecule has 0 spiro atoms. The van der Waals surface area contributed by atoms with Crippen molar-refractivity contribution >= 4 is 16.7 Å². The summed E-state index contributed by atoms with van der Waals surface area (Å²) < 4.78 is 22.6. The molecule has 2 aromatic carbocycles. The molecule has 5 aromatic rings. The average molecular weight is 454 g/mol. The van der Waals surface area contributed by atoms with Crippen molar-refractivity contribution in [3.8, 4) is 22.8 Å². The molecule has 0 aliphatic rings. The molecule has 0 aliphatic carbocycles. The quantitative estimate of drug-likeness (QED) is 0.350. The van der Waals surface area contributed by atoms with Gasteiger partial charge in [0.05, 0.1) is 29.5 Å². The van der Waals surface area contributed by atoms with Crippen molar-refractivity contribution in [3.05, 3.63) is 107 Å². The number of fused-ring (bicyclic) bond motifs is 1. The lowest BCUT2D eigenvalue weighted by Crippen LogP contribution is -2.24. The van der Waals surface area contributed by atoms with Gasteiger partial charge in [0, 0.05) is 42.8 Å². The van der Waals surface area contributed by atoms with Gasteiger partial charge in [0.15, 0.2) is 5.78 Å². The van der Waals surface area contributed by atoms with E-state index in [9.17, 15) is 14.0 Å². The van der Waals surface area contributed by atoms with Gasteiger partial charge in [-0.25, -0.2) is 9.37 Å². The molecule has 3 heterocycles. The number of benzene rings is 2. The summed E-state index contributed by atoms with van der Waals surface area (Å²) >= 11 is 0. The number of pyridine rings is 1. The minimum absolute atomic E-state index is 0.191. The zero-order valence-corrected chi connectivity index (χ0v) is 18.2. The first kappa shape index (κ1) is 21.3. The first-order chi connectivity index (χ1) is 16.5. The van der Waals surface area contributed by atoms with Crippen LogP contribution in [-0.2, 0) is 13.6 Å². The number of carbonyl (C=O) groups is 1. The Morgan fingerprint density at radius 2 is 1.88 bits per heavy atom. The van der Waals surface area contributed by atoms with Crippen LogP contribution in [0.3, 0.4) is 0 Å². The van der Waals surface area contributed by atoms with Gasteiger partial charge in [0.1, 0.15) is 17.3 Å². The van der Waals surface area contributed by atoms with E-state index in [1.807, 2.05) is 36.1 Å². The van der Waals surface area contributed by atoms with Crippen LogP contribution in [-0.4, -0.2) is 24.9 Å². The van der Waals surface area contributed by atoms with Crippen LogP contribution in [0.2, 0.25) is 0 Å². The molecular formula is C26H19FN4O3. The summed E-state index contributed by atoms with van der Waals surface area (Å²) in [5.74, 6) is 0.119. The first-order valence-electron chi connectivity index (χ1n) is 10.5. The maximum absolute atomic E-state index is 13.4. The fraction of sp³-hybridized carbons (Fsp3) is 0.0769. The van der Waals surface area contributed by atoms with E-state index in [-0.39, 0.29) is 23.5 Å². The monoisotopic (exact) mass is 454 g/mol. The summed E-state index contributed by atoms with van der Waals surface area (Å²) in [7, 11) is 1.94. The van der Waals surface area contributed by atoms with Crippen LogP contribution in [0.4, 0.5) is 4.39 Å². The SMILES string of the molecule is Cn1ccc(-c2cc(Oc3ccc4ncn(CC(=O)c5cccc(F)c5)c(=O)c4c3)ccn2)c1. The van der Waals surface area contributed by atoms with Crippen LogP contribution in [0.15, 0.2) is 90.4 Å². The summed E-state index contributed by atoms with van der Waals surface area (Å²) in [5, 5.41) is 0.310. The number of Topliss-reactive ketones (excluding diaryl/α,β-unsaturated/α-hetero) is 1. The van der Waals surface area contributed by atoms with E-state index in [1.165, 1.54) is 29.1 Å². The van der Waals surface area contributed by atoms with Gasteiger partial charge in [-0.15, -0.1) is 0 Å². The Morgan fingerprint density at radius 1 is 1.03 bits per heavy atom. The highest BCUT2D eigenvalue weighted by molar-refractivity contribution is 5.96. The first-order valence-corrected chi connectivity index (χ1v) is 10.5. The second-order valence-corrected chi connectivity index (χ2v) is 7.83. The van der Waals surface area contributed by atoms with E-state index in [4.69, 9.17) is 4.74 Å². The van der Waals surface area contributed by atoms with E-state index in [2.05, 4.69) is 9.97 Å². The maximum Gasteiger partial charge on any atom is 0.261 e. The zero-order valence-electron chi connectivity index (χ0n) is 18.2. The van der Waals surface area contributed by atoms with Crippen LogP contribution in [0.25, 0.3) is 22.2 Å². The zero-order chi connectivity index (χ0) is 23.7. The number of ether oxygens (including phenoxy) is 1. The number of aromatic nitrogens is 4. The second-order valence-electron chi connectivity index (χ2n) is 7.83. The van der Waals surface area contributed by atoms with Crippen molar-refractivity contribution in [2.45, 2.75) is 6.54 Å². The molecule has 0 atom stereocenters. The Hall–Kier alpha value is -4.59. The number of hydrogen-bond acceptors (Lipinski definition) is 5. The van der Waals surface area contributed by atoms with Crippen molar-refractivity contribution < 1.29 is 13.9 Å². The Balaban J connectivity index is 1.42. The highest BCUT2D eigenvalue weighted by Gasteiger charge is 2.12. The molecule has 34 heavy (non-hydrogen) atoms. The number of carbonyl (C=O) groups excluding carboxylic acids is 1. The molecule has 0 radical (unpaired) electrons. The Labute approximate surface area is 193 Å². The van der Waals surface area contributed by atoms with E-state index >= 15 is 0 Å². The molecule has 3 aromatic heterocycles. The molecule has 0 fully saturated rings. The van der Waals surface area contributed by atoms with Gasteiger partial charge in [-0.05, 0) is 42.5 Å². The van der Waals surface area contributed by atoms with Crippen LogP contribution in [0.5, 0.6) is 11.5 Å². The lowest BCUT2D eigenvalue weighted by Gasteiger charge is -2.09. The smallest absolute Gasteiger partial charge is 0.261 e. The van der Waals surface area contributed by atoms with Crippen molar-refractivity contribution in [1.82, 2.24) is 19.1 Å². The molecular weight excluding hydrogens is 435 g/mol. The van der Waals surface area contributed by atoms with Crippen LogP contribution < -0.4 is 10.3 Å². The van der Waals surface area contributed by atoms with E-state index in [0.717, 1.165) is 17.3 Å². The third-order valence-corrected chi connectivity index (χ3v) is 5.35. The molecule has 0 saturated heterocycles. The van der Waals surface area contributed by atoms with Crippen LogP contribution in [0, 0.1) is 5.82 Å². The number of ketones is 1. The van der Waals surface area contributed by atoms with Crippen molar-refractivity contribution in [2.24, 2.45) is 7.05 Å². The number of nitrogens with zero attached hydrogens (tertiary/aromatic N) is 4. The van der Waals surface area contributed by atoms with E-state index in [0.29, 0.717) is 22.4 Å². The van der Waals surface area contributed by atoms with Gasteiger partial charge < -0.3 is 9.30 Å². The Morgan fingerprint density at radius 3 is 2.68 bits per heavy atom.